The molecule has 126 valence electrons. The van der Waals surface area contributed by atoms with Crippen molar-refractivity contribution in [3.63, 3.8) is 0 Å². The number of aliphatic hydroxyl groups excluding tert-OH is 3. The van der Waals surface area contributed by atoms with E-state index in [-0.39, 0.29) is 29.1 Å². The molecule has 0 unspecified atom stereocenters. The van der Waals surface area contributed by atoms with Gasteiger partial charge in [0.15, 0.2) is 0 Å². The maximum Gasteiger partial charge on any atom is 0.0577 e. The Balaban J connectivity index is 1.67. The van der Waals surface area contributed by atoms with E-state index in [4.69, 9.17) is 0 Å². The van der Waals surface area contributed by atoms with Gasteiger partial charge in [0, 0.05) is 0 Å². The number of hydrogen-bond donors (Lipinski definition) is 3. The topological polar surface area (TPSA) is 60.7 Å². The molecule has 3 nitrogen and oxygen atoms in total. The maximum absolute atomic E-state index is 10.9. The van der Waals surface area contributed by atoms with Gasteiger partial charge in [-0.1, -0.05) is 13.8 Å². The van der Waals surface area contributed by atoms with E-state index < -0.39 is 0 Å². The minimum Gasteiger partial charge on any atom is -0.393 e. The molecule has 0 amide bonds. The summed E-state index contributed by atoms with van der Waals surface area (Å²) in [7, 11) is 0. The molecule has 0 bridgehead atoms. The molecule has 4 aliphatic carbocycles. The average molecular weight is 308 g/mol. The van der Waals surface area contributed by atoms with Crippen LogP contribution in [0.2, 0.25) is 0 Å². The van der Waals surface area contributed by atoms with Gasteiger partial charge >= 0.3 is 0 Å². The fourth-order valence-electron chi connectivity index (χ4n) is 7.22. The minimum atomic E-state index is -0.233. The van der Waals surface area contributed by atoms with Gasteiger partial charge in [-0.25, -0.2) is 0 Å². The van der Waals surface area contributed by atoms with Crippen LogP contribution in [-0.4, -0.2) is 33.6 Å². The highest BCUT2D eigenvalue weighted by atomic mass is 16.3. The Morgan fingerprint density at radius 3 is 2.36 bits per heavy atom. The summed E-state index contributed by atoms with van der Waals surface area (Å²) in [5, 5.41) is 31.2. The molecule has 9 atom stereocenters. The van der Waals surface area contributed by atoms with Crippen molar-refractivity contribution in [3.8, 4) is 0 Å². The molecule has 22 heavy (non-hydrogen) atoms. The second-order valence-corrected chi connectivity index (χ2v) is 9.51. The predicted octanol–water partition coefficient (Wildman–Crippen LogP) is 2.72. The van der Waals surface area contributed by atoms with Crippen molar-refractivity contribution >= 4 is 0 Å². The summed E-state index contributed by atoms with van der Waals surface area (Å²) in [6, 6.07) is 0. The van der Waals surface area contributed by atoms with Crippen LogP contribution in [0.3, 0.4) is 0 Å². The molecule has 0 aromatic carbocycles. The smallest absolute Gasteiger partial charge is 0.0577 e. The summed E-state index contributed by atoms with van der Waals surface area (Å²) in [6.45, 7) is 4.77. The molecule has 4 fully saturated rings. The van der Waals surface area contributed by atoms with Crippen LogP contribution in [0, 0.1) is 34.5 Å². The summed E-state index contributed by atoms with van der Waals surface area (Å²) in [4.78, 5) is 0. The zero-order valence-corrected chi connectivity index (χ0v) is 14.0. The number of aliphatic hydroxyl groups is 3. The molecular formula is C19H32O3. The summed E-state index contributed by atoms with van der Waals surface area (Å²) in [5.41, 5.74) is 0.525. The van der Waals surface area contributed by atoms with Crippen LogP contribution in [-0.2, 0) is 0 Å². The first-order valence-electron chi connectivity index (χ1n) is 9.38. The van der Waals surface area contributed by atoms with Gasteiger partial charge in [0.2, 0.25) is 0 Å². The van der Waals surface area contributed by atoms with E-state index in [1.807, 2.05) is 0 Å². The van der Waals surface area contributed by atoms with Crippen molar-refractivity contribution < 1.29 is 15.3 Å². The van der Waals surface area contributed by atoms with E-state index in [0.29, 0.717) is 23.7 Å². The maximum atomic E-state index is 10.9. The Morgan fingerprint density at radius 1 is 0.818 bits per heavy atom. The van der Waals surface area contributed by atoms with Gasteiger partial charge in [-0.2, -0.15) is 0 Å². The van der Waals surface area contributed by atoms with E-state index in [1.54, 1.807) is 0 Å². The zero-order chi connectivity index (χ0) is 15.7. The lowest BCUT2D eigenvalue weighted by atomic mass is 9.44. The summed E-state index contributed by atoms with van der Waals surface area (Å²) in [6.07, 6.45) is 7.42. The van der Waals surface area contributed by atoms with Crippen molar-refractivity contribution in [1.29, 1.82) is 0 Å². The third-order valence-electron chi connectivity index (χ3n) is 8.40. The van der Waals surface area contributed by atoms with Crippen LogP contribution < -0.4 is 0 Å². The van der Waals surface area contributed by atoms with Gasteiger partial charge in [-0.15, -0.1) is 0 Å². The van der Waals surface area contributed by atoms with Crippen LogP contribution in [0.4, 0.5) is 0 Å². The molecule has 0 heterocycles. The highest BCUT2D eigenvalue weighted by molar-refractivity contribution is 5.10. The fraction of sp³-hybridized carbons (Fsp3) is 1.00. The fourth-order valence-corrected chi connectivity index (χ4v) is 7.22. The quantitative estimate of drug-likeness (QED) is 0.645. The highest BCUT2D eigenvalue weighted by Crippen LogP contribution is 2.66. The molecule has 3 heteroatoms. The Morgan fingerprint density at radius 2 is 1.59 bits per heavy atom. The third kappa shape index (κ3) is 2.04. The van der Waals surface area contributed by atoms with Gasteiger partial charge in [-0.05, 0) is 85.9 Å². The van der Waals surface area contributed by atoms with Crippen LogP contribution in [0.5, 0.6) is 0 Å². The molecule has 0 aromatic rings. The summed E-state index contributed by atoms with van der Waals surface area (Å²) < 4.78 is 0. The van der Waals surface area contributed by atoms with Gasteiger partial charge in [-0.3, -0.25) is 0 Å². The van der Waals surface area contributed by atoms with E-state index >= 15 is 0 Å². The largest absolute Gasteiger partial charge is 0.393 e. The van der Waals surface area contributed by atoms with E-state index in [9.17, 15) is 15.3 Å². The van der Waals surface area contributed by atoms with Gasteiger partial charge in [0.25, 0.3) is 0 Å². The molecule has 0 aliphatic heterocycles. The lowest BCUT2D eigenvalue weighted by Gasteiger charge is -2.61. The minimum absolute atomic E-state index is 0.163. The molecule has 0 radical (unpaired) electrons. The lowest BCUT2D eigenvalue weighted by molar-refractivity contribution is -0.168. The van der Waals surface area contributed by atoms with Crippen LogP contribution in [0.15, 0.2) is 0 Å². The van der Waals surface area contributed by atoms with Crippen molar-refractivity contribution in [1.82, 2.24) is 0 Å². The standard InChI is InChI=1S/C19H32O3/c1-18-5-4-14-17(15(18)9-13(21)10-18)16(22)8-11-7-12(20)3-6-19(11,14)2/h11-17,20-22H,3-10H2,1-2H3/t11-,12+,13+,14-,15+,16-,17-,18-,19-/m1/s1. The van der Waals surface area contributed by atoms with Gasteiger partial charge in [0.1, 0.15) is 0 Å². The number of rotatable bonds is 0. The normalized spacial score (nSPS) is 61.2. The zero-order valence-electron chi connectivity index (χ0n) is 14.0. The van der Waals surface area contributed by atoms with Crippen LogP contribution in [0.25, 0.3) is 0 Å². The highest BCUT2D eigenvalue weighted by Gasteiger charge is 2.61. The van der Waals surface area contributed by atoms with Gasteiger partial charge in [0.05, 0.1) is 18.3 Å². The monoisotopic (exact) mass is 308 g/mol. The lowest BCUT2D eigenvalue weighted by Crippen LogP contribution is -2.57. The Bertz CT molecular complexity index is 452. The first kappa shape index (κ1) is 15.4. The first-order valence-corrected chi connectivity index (χ1v) is 9.38. The molecule has 4 saturated carbocycles. The van der Waals surface area contributed by atoms with Crippen molar-refractivity contribution in [2.24, 2.45) is 34.5 Å². The molecular weight excluding hydrogens is 276 g/mol. The Labute approximate surface area is 134 Å². The average Bonchev–Trinajstić information content (AvgIpc) is 2.75. The Hall–Kier alpha value is -0.120. The van der Waals surface area contributed by atoms with Crippen LogP contribution in [0.1, 0.15) is 65.2 Å². The SMILES string of the molecule is C[C@]12CC[C@@H]3[C@@H]([C@H](O)C[C@H]4C[C@@H](O)CC[C@]43C)[C@@H]1C[C@H](O)C2. The van der Waals surface area contributed by atoms with Crippen molar-refractivity contribution in [2.45, 2.75) is 83.5 Å². The second kappa shape index (κ2) is 4.94. The molecule has 0 spiro atoms. The Kier molecular flexibility index (Phi) is 3.46. The first-order chi connectivity index (χ1) is 10.3. The molecule has 0 saturated heterocycles. The predicted molar refractivity (Wildman–Crippen MR) is 85.1 cm³/mol. The van der Waals surface area contributed by atoms with Crippen molar-refractivity contribution in [2.75, 3.05) is 0 Å². The molecule has 4 aliphatic rings. The molecule has 0 aromatic heterocycles. The second-order valence-electron chi connectivity index (χ2n) is 9.51. The van der Waals surface area contributed by atoms with E-state index in [2.05, 4.69) is 13.8 Å². The third-order valence-corrected chi connectivity index (χ3v) is 8.40. The number of fused-ring (bicyclic) bond motifs is 5. The summed E-state index contributed by atoms with van der Waals surface area (Å²) in [5.74, 6) is 1.91. The van der Waals surface area contributed by atoms with Crippen molar-refractivity contribution in [3.05, 3.63) is 0 Å². The van der Waals surface area contributed by atoms with E-state index in [1.165, 1.54) is 12.8 Å². The molecule has 4 rings (SSSR count). The number of hydrogen-bond acceptors (Lipinski definition) is 3. The van der Waals surface area contributed by atoms with Crippen LogP contribution >= 0.6 is 0 Å². The summed E-state index contributed by atoms with van der Waals surface area (Å²) >= 11 is 0. The van der Waals surface area contributed by atoms with Gasteiger partial charge < -0.3 is 15.3 Å². The molecule has 3 N–H and O–H groups in total. The van der Waals surface area contributed by atoms with E-state index in [0.717, 1.165) is 38.5 Å².